The van der Waals surface area contributed by atoms with Crippen molar-refractivity contribution in [3.63, 3.8) is 0 Å². The Morgan fingerprint density at radius 2 is 2.18 bits per heavy atom. The second-order valence-electron chi connectivity index (χ2n) is 4.12. The molecule has 0 spiro atoms. The monoisotopic (exact) mass is 227 g/mol. The summed E-state index contributed by atoms with van der Waals surface area (Å²) in [5, 5.41) is 5.31. The molecule has 86 valence electrons. The summed E-state index contributed by atoms with van der Waals surface area (Å²) in [6, 6.07) is 9.96. The second kappa shape index (κ2) is 3.66. The number of nitrogens with two attached hydrogens (primary N) is 1. The van der Waals surface area contributed by atoms with Crippen molar-refractivity contribution >= 4 is 16.8 Å². The van der Waals surface area contributed by atoms with Crippen LogP contribution in [0.25, 0.3) is 11.0 Å². The van der Waals surface area contributed by atoms with Crippen molar-refractivity contribution in [3.8, 4) is 0 Å². The molecule has 0 bridgehead atoms. The van der Waals surface area contributed by atoms with Gasteiger partial charge in [0.1, 0.15) is 23.7 Å². The van der Waals surface area contributed by atoms with Gasteiger partial charge in [-0.3, -0.25) is 0 Å². The first-order chi connectivity index (χ1) is 8.24. The Balaban J connectivity index is 1.97. The lowest BCUT2D eigenvalue weighted by atomic mass is 10.2. The molecule has 0 aliphatic heterocycles. The van der Waals surface area contributed by atoms with Gasteiger partial charge in [0.2, 0.25) is 0 Å². The number of aryl methyl sites for hydroxylation is 1. The normalized spacial score (nSPS) is 11.1. The molecular weight excluding hydrogens is 214 g/mol. The zero-order valence-corrected chi connectivity index (χ0v) is 9.55. The van der Waals surface area contributed by atoms with E-state index in [1.807, 2.05) is 37.3 Å². The van der Waals surface area contributed by atoms with Crippen LogP contribution >= 0.6 is 0 Å². The van der Waals surface area contributed by atoms with Gasteiger partial charge in [0.05, 0.1) is 6.20 Å². The largest absolute Gasteiger partial charge is 0.459 e. The third-order valence-electron chi connectivity index (χ3n) is 2.86. The zero-order chi connectivity index (χ0) is 11.8. The number of fused-ring (bicyclic) bond motifs is 1. The van der Waals surface area contributed by atoms with Crippen LogP contribution in [0.5, 0.6) is 0 Å². The number of nitrogens with zero attached hydrogens (tertiary/aromatic N) is 2. The summed E-state index contributed by atoms with van der Waals surface area (Å²) in [5.74, 6) is 1.55. The lowest BCUT2D eigenvalue weighted by Crippen LogP contribution is -2.05. The highest BCUT2D eigenvalue weighted by molar-refractivity contribution is 5.77. The predicted molar refractivity (Wildman–Crippen MR) is 66.7 cm³/mol. The molecule has 0 radical (unpaired) electrons. The molecule has 0 unspecified atom stereocenters. The molecule has 0 aliphatic carbocycles. The fourth-order valence-corrected chi connectivity index (χ4v) is 1.88. The highest BCUT2D eigenvalue weighted by Gasteiger charge is 2.07. The number of anilines is 1. The highest BCUT2D eigenvalue weighted by Crippen LogP contribution is 2.20. The summed E-state index contributed by atoms with van der Waals surface area (Å²) in [7, 11) is 0. The second-order valence-corrected chi connectivity index (χ2v) is 4.12. The molecule has 0 fully saturated rings. The molecule has 1 aromatic carbocycles. The molecule has 4 nitrogen and oxygen atoms in total. The lowest BCUT2D eigenvalue weighted by molar-refractivity contribution is 0.512. The SMILES string of the molecule is Cc1cnn(Cc2cc3ccccc3o2)c1N. The van der Waals surface area contributed by atoms with Gasteiger partial charge in [-0.15, -0.1) is 0 Å². The van der Waals surface area contributed by atoms with Gasteiger partial charge in [0.25, 0.3) is 0 Å². The molecule has 2 aromatic heterocycles. The third-order valence-corrected chi connectivity index (χ3v) is 2.86. The number of hydrogen-bond donors (Lipinski definition) is 1. The molecule has 4 heteroatoms. The topological polar surface area (TPSA) is 57.0 Å². The van der Waals surface area contributed by atoms with Crippen molar-refractivity contribution in [1.29, 1.82) is 0 Å². The van der Waals surface area contributed by atoms with E-state index in [4.69, 9.17) is 10.2 Å². The minimum atomic E-state index is 0.564. The van der Waals surface area contributed by atoms with Crippen molar-refractivity contribution < 1.29 is 4.42 Å². The average molecular weight is 227 g/mol. The van der Waals surface area contributed by atoms with Gasteiger partial charge < -0.3 is 10.2 Å². The van der Waals surface area contributed by atoms with Crippen LogP contribution in [0.3, 0.4) is 0 Å². The summed E-state index contributed by atoms with van der Waals surface area (Å²) >= 11 is 0. The summed E-state index contributed by atoms with van der Waals surface area (Å²) < 4.78 is 7.46. The van der Waals surface area contributed by atoms with Crippen LogP contribution in [0.4, 0.5) is 5.82 Å². The van der Waals surface area contributed by atoms with E-state index in [1.54, 1.807) is 10.9 Å². The molecule has 3 rings (SSSR count). The fraction of sp³-hybridized carbons (Fsp3) is 0.154. The average Bonchev–Trinajstić information content (AvgIpc) is 2.87. The lowest BCUT2D eigenvalue weighted by Gasteiger charge is -2.00. The van der Waals surface area contributed by atoms with Gasteiger partial charge >= 0.3 is 0 Å². The van der Waals surface area contributed by atoms with Crippen molar-refractivity contribution in [1.82, 2.24) is 9.78 Å². The van der Waals surface area contributed by atoms with Gasteiger partial charge in [0.15, 0.2) is 0 Å². The van der Waals surface area contributed by atoms with E-state index in [2.05, 4.69) is 5.10 Å². The molecule has 3 aromatic rings. The number of furan rings is 1. The number of aromatic nitrogens is 2. The Kier molecular flexibility index (Phi) is 2.14. The van der Waals surface area contributed by atoms with Crippen molar-refractivity contribution in [2.45, 2.75) is 13.5 Å². The summed E-state index contributed by atoms with van der Waals surface area (Å²) in [5.41, 5.74) is 7.78. The first kappa shape index (κ1) is 9.96. The van der Waals surface area contributed by atoms with Crippen molar-refractivity contribution in [2.75, 3.05) is 5.73 Å². The molecule has 2 heterocycles. The summed E-state index contributed by atoms with van der Waals surface area (Å²) in [4.78, 5) is 0. The molecule has 0 saturated carbocycles. The first-order valence-electron chi connectivity index (χ1n) is 5.49. The van der Waals surface area contributed by atoms with E-state index in [0.29, 0.717) is 12.4 Å². The molecule has 17 heavy (non-hydrogen) atoms. The Morgan fingerprint density at radius 1 is 1.35 bits per heavy atom. The minimum absolute atomic E-state index is 0.564. The van der Waals surface area contributed by atoms with E-state index in [1.165, 1.54) is 0 Å². The zero-order valence-electron chi connectivity index (χ0n) is 9.55. The van der Waals surface area contributed by atoms with E-state index in [-0.39, 0.29) is 0 Å². The highest BCUT2D eigenvalue weighted by atomic mass is 16.3. The number of benzene rings is 1. The van der Waals surface area contributed by atoms with Gasteiger partial charge in [-0.1, -0.05) is 18.2 Å². The molecule has 0 amide bonds. The van der Waals surface area contributed by atoms with Crippen LogP contribution in [-0.4, -0.2) is 9.78 Å². The smallest absolute Gasteiger partial charge is 0.134 e. The predicted octanol–water partition coefficient (Wildman–Crippen LogP) is 2.57. The van der Waals surface area contributed by atoms with Gasteiger partial charge in [-0.05, 0) is 19.1 Å². The summed E-state index contributed by atoms with van der Waals surface area (Å²) in [6.45, 7) is 2.51. The molecule has 2 N–H and O–H groups in total. The fourth-order valence-electron chi connectivity index (χ4n) is 1.88. The van der Waals surface area contributed by atoms with Crippen LogP contribution in [0.15, 0.2) is 40.9 Å². The van der Waals surface area contributed by atoms with Gasteiger partial charge in [0, 0.05) is 10.9 Å². The number of hydrogen-bond acceptors (Lipinski definition) is 3. The molecule has 0 aliphatic rings. The van der Waals surface area contributed by atoms with Crippen LogP contribution in [0, 0.1) is 6.92 Å². The Hall–Kier alpha value is -2.23. The summed E-state index contributed by atoms with van der Waals surface area (Å²) in [6.07, 6.45) is 1.76. The Labute approximate surface area is 98.6 Å². The maximum Gasteiger partial charge on any atom is 0.134 e. The molecule has 0 saturated heterocycles. The van der Waals surface area contributed by atoms with Crippen molar-refractivity contribution in [2.24, 2.45) is 0 Å². The van der Waals surface area contributed by atoms with Crippen LogP contribution in [-0.2, 0) is 6.54 Å². The molecular formula is C13H13N3O. The van der Waals surface area contributed by atoms with Gasteiger partial charge in [-0.2, -0.15) is 5.10 Å². The minimum Gasteiger partial charge on any atom is -0.459 e. The third kappa shape index (κ3) is 1.67. The number of rotatable bonds is 2. The van der Waals surface area contributed by atoms with E-state index >= 15 is 0 Å². The maximum atomic E-state index is 5.90. The first-order valence-corrected chi connectivity index (χ1v) is 5.49. The quantitative estimate of drug-likeness (QED) is 0.732. The van der Waals surface area contributed by atoms with E-state index in [9.17, 15) is 0 Å². The van der Waals surface area contributed by atoms with Gasteiger partial charge in [-0.25, -0.2) is 4.68 Å². The van der Waals surface area contributed by atoms with E-state index < -0.39 is 0 Å². The van der Waals surface area contributed by atoms with E-state index in [0.717, 1.165) is 22.3 Å². The van der Waals surface area contributed by atoms with Crippen LogP contribution in [0.2, 0.25) is 0 Å². The van der Waals surface area contributed by atoms with Crippen molar-refractivity contribution in [3.05, 3.63) is 47.9 Å². The van der Waals surface area contributed by atoms with Crippen LogP contribution < -0.4 is 5.73 Å². The Bertz CT molecular complexity index is 633. The maximum absolute atomic E-state index is 5.90. The number of nitrogen functional groups attached to an aromatic ring is 1. The standard InChI is InChI=1S/C13H13N3O/c1-9-7-15-16(13(9)14)8-11-6-10-4-2-3-5-12(10)17-11/h2-7H,8,14H2,1H3. The Morgan fingerprint density at radius 3 is 2.88 bits per heavy atom. The molecule has 0 atom stereocenters. The number of para-hydroxylation sites is 1. The van der Waals surface area contributed by atoms with Crippen LogP contribution in [0.1, 0.15) is 11.3 Å².